The first-order valence-corrected chi connectivity index (χ1v) is 3.21. The fraction of sp³-hybridized carbons (Fsp3) is 0.400. The lowest BCUT2D eigenvalue weighted by Crippen LogP contribution is -1.85. The van der Waals surface area contributed by atoms with Crippen LogP contribution in [0.15, 0.2) is 11.6 Å². The Labute approximate surface area is 52.0 Å². The highest BCUT2D eigenvalue weighted by molar-refractivity contribution is 7.03. The molecule has 0 radical (unpaired) electrons. The van der Waals surface area contributed by atoms with E-state index in [1.54, 1.807) is 13.1 Å². The summed E-state index contributed by atoms with van der Waals surface area (Å²) in [5.41, 5.74) is 0.898. The van der Waals surface area contributed by atoms with Gasteiger partial charge in [-0.3, -0.25) is 0 Å². The van der Waals surface area contributed by atoms with Gasteiger partial charge in [0.15, 0.2) is 0 Å². The average Bonchev–Trinajstić information content (AvgIpc) is 2.12. The van der Waals surface area contributed by atoms with Crippen LogP contribution in [0.1, 0.15) is 18.6 Å². The molecule has 1 aromatic rings. The van der Waals surface area contributed by atoms with Crippen molar-refractivity contribution in [3.8, 4) is 0 Å². The molecule has 0 fully saturated rings. The molecule has 0 aromatic carbocycles. The second kappa shape index (κ2) is 2.24. The first-order chi connectivity index (χ1) is 3.80. The second-order valence-corrected chi connectivity index (χ2v) is 2.29. The van der Waals surface area contributed by atoms with Crippen molar-refractivity contribution < 1.29 is 5.11 Å². The molecule has 2 nitrogen and oxygen atoms in total. The Kier molecular flexibility index (Phi) is 1.60. The molecule has 0 saturated heterocycles. The molecule has 0 amide bonds. The normalized spacial score (nSPS) is 13.8. The standard InChI is InChI=1S/C5H7NOS/c1-4(7)5-2-6-8-3-5/h2-4,7H,1H3/t4-/m1/s1. The maximum Gasteiger partial charge on any atom is 0.0785 e. The van der Waals surface area contributed by atoms with Crippen LogP contribution in [0.2, 0.25) is 0 Å². The van der Waals surface area contributed by atoms with Crippen LogP contribution in [0.4, 0.5) is 0 Å². The molecule has 0 spiro atoms. The Morgan fingerprint density at radius 3 is 2.88 bits per heavy atom. The minimum Gasteiger partial charge on any atom is -0.389 e. The van der Waals surface area contributed by atoms with Gasteiger partial charge in [-0.2, -0.15) is 0 Å². The van der Waals surface area contributed by atoms with Crippen LogP contribution in [0.5, 0.6) is 0 Å². The summed E-state index contributed by atoms with van der Waals surface area (Å²) < 4.78 is 3.83. The van der Waals surface area contributed by atoms with E-state index < -0.39 is 0 Å². The van der Waals surface area contributed by atoms with Crippen molar-refractivity contribution in [1.29, 1.82) is 0 Å². The Morgan fingerprint density at radius 2 is 2.62 bits per heavy atom. The lowest BCUT2D eigenvalue weighted by molar-refractivity contribution is 0.199. The number of nitrogens with zero attached hydrogens (tertiary/aromatic N) is 1. The van der Waals surface area contributed by atoms with E-state index in [4.69, 9.17) is 5.11 Å². The summed E-state index contributed by atoms with van der Waals surface area (Å²) in [6.45, 7) is 1.73. The molecule has 1 rings (SSSR count). The van der Waals surface area contributed by atoms with Gasteiger partial charge in [-0.15, -0.1) is 0 Å². The van der Waals surface area contributed by atoms with E-state index in [-0.39, 0.29) is 6.10 Å². The summed E-state index contributed by atoms with van der Waals surface area (Å²) in [4.78, 5) is 0. The summed E-state index contributed by atoms with van der Waals surface area (Å²) in [6, 6.07) is 0. The van der Waals surface area contributed by atoms with E-state index in [0.29, 0.717) is 0 Å². The van der Waals surface area contributed by atoms with Gasteiger partial charge in [0.05, 0.1) is 6.10 Å². The number of aliphatic hydroxyl groups is 1. The van der Waals surface area contributed by atoms with E-state index in [1.807, 2.05) is 5.38 Å². The van der Waals surface area contributed by atoms with Gasteiger partial charge < -0.3 is 5.11 Å². The maximum absolute atomic E-state index is 8.88. The van der Waals surface area contributed by atoms with E-state index in [9.17, 15) is 0 Å². The fourth-order valence-electron chi connectivity index (χ4n) is 0.419. The van der Waals surface area contributed by atoms with Gasteiger partial charge in [-0.25, -0.2) is 4.37 Å². The molecule has 1 aromatic heterocycles. The minimum absolute atomic E-state index is 0.367. The zero-order valence-electron chi connectivity index (χ0n) is 4.53. The monoisotopic (exact) mass is 129 g/mol. The third-order valence-electron chi connectivity index (χ3n) is 0.934. The third kappa shape index (κ3) is 1.05. The molecule has 8 heavy (non-hydrogen) atoms. The zero-order valence-corrected chi connectivity index (χ0v) is 5.35. The highest BCUT2D eigenvalue weighted by atomic mass is 32.1. The van der Waals surface area contributed by atoms with Crippen molar-refractivity contribution in [3.63, 3.8) is 0 Å². The molecule has 0 saturated carbocycles. The van der Waals surface area contributed by atoms with Crippen molar-refractivity contribution in [2.24, 2.45) is 0 Å². The van der Waals surface area contributed by atoms with Crippen molar-refractivity contribution in [1.82, 2.24) is 4.37 Å². The van der Waals surface area contributed by atoms with Gasteiger partial charge in [0, 0.05) is 17.1 Å². The van der Waals surface area contributed by atoms with Crippen molar-refractivity contribution in [3.05, 3.63) is 17.1 Å². The zero-order chi connectivity index (χ0) is 5.98. The van der Waals surface area contributed by atoms with Crippen LogP contribution in [0, 0.1) is 0 Å². The number of hydrogen-bond acceptors (Lipinski definition) is 3. The molecule has 0 aliphatic rings. The molecule has 1 heterocycles. The smallest absolute Gasteiger partial charge is 0.0785 e. The molecule has 0 aliphatic carbocycles. The van der Waals surface area contributed by atoms with Crippen molar-refractivity contribution in [2.45, 2.75) is 13.0 Å². The fourth-order valence-corrected chi connectivity index (χ4v) is 1.04. The molecule has 44 valence electrons. The van der Waals surface area contributed by atoms with Gasteiger partial charge in [0.25, 0.3) is 0 Å². The van der Waals surface area contributed by atoms with E-state index in [1.165, 1.54) is 11.5 Å². The van der Waals surface area contributed by atoms with Crippen LogP contribution in [0.25, 0.3) is 0 Å². The Hall–Kier alpha value is -0.410. The molecule has 1 N–H and O–H groups in total. The summed E-state index contributed by atoms with van der Waals surface area (Å²) in [5, 5.41) is 10.7. The molecule has 0 bridgehead atoms. The molecule has 1 atom stereocenters. The van der Waals surface area contributed by atoms with Crippen molar-refractivity contribution >= 4 is 11.5 Å². The molecular formula is C5H7NOS. The summed E-state index contributed by atoms with van der Waals surface area (Å²) in [6.07, 6.45) is 1.31. The third-order valence-corrected chi connectivity index (χ3v) is 1.54. The van der Waals surface area contributed by atoms with Crippen LogP contribution < -0.4 is 0 Å². The summed E-state index contributed by atoms with van der Waals surface area (Å²) >= 11 is 1.36. The van der Waals surface area contributed by atoms with Gasteiger partial charge in [-0.1, -0.05) is 0 Å². The lowest BCUT2D eigenvalue weighted by Gasteiger charge is -1.94. The highest BCUT2D eigenvalue weighted by Crippen LogP contribution is 2.11. The average molecular weight is 129 g/mol. The number of hydrogen-bond donors (Lipinski definition) is 1. The largest absolute Gasteiger partial charge is 0.389 e. The Bertz CT molecular complexity index is 147. The van der Waals surface area contributed by atoms with E-state index in [0.717, 1.165) is 5.56 Å². The van der Waals surface area contributed by atoms with Crippen LogP contribution in [-0.2, 0) is 0 Å². The molecule has 0 unspecified atom stereocenters. The van der Waals surface area contributed by atoms with Gasteiger partial charge in [-0.05, 0) is 18.5 Å². The summed E-state index contributed by atoms with van der Waals surface area (Å²) in [5.74, 6) is 0. The summed E-state index contributed by atoms with van der Waals surface area (Å²) in [7, 11) is 0. The molecular weight excluding hydrogens is 122 g/mol. The van der Waals surface area contributed by atoms with Gasteiger partial charge in [0.2, 0.25) is 0 Å². The highest BCUT2D eigenvalue weighted by Gasteiger charge is 1.98. The van der Waals surface area contributed by atoms with E-state index in [2.05, 4.69) is 4.37 Å². The maximum atomic E-state index is 8.88. The first kappa shape index (κ1) is 5.72. The molecule has 0 aliphatic heterocycles. The predicted octanol–water partition coefficient (Wildman–Crippen LogP) is 1.20. The Morgan fingerprint density at radius 1 is 1.88 bits per heavy atom. The Balaban J connectivity index is 2.77. The lowest BCUT2D eigenvalue weighted by atomic mass is 10.2. The quantitative estimate of drug-likeness (QED) is 0.618. The topological polar surface area (TPSA) is 33.1 Å². The first-order valence-electron chi connectivity index (χ1n) is 2.38. The van der Waals surface area contributed by atoms with Crippen molar-refractivity contribution in [2.75, 3.05) is 0 Å². The second-order valence-electron chi connectivity index (χ2n) is 1.63. The van der Waals surface area contributed by atoms with Crippen LogP contribution >= 0.6 is 11.5 Å². The van der Waals surface area contributed by atoms with Crippen LogP contribution in [-0.4, -0.2) is 9.48 Å². The number of aliphatic hydroxyl groups excluding tert-OH is 1. The predicted molar refractivity (Wildman–Crippen MR) is 32.7 cm³/mol. The minimum atomic E-state index is -0.367. The SMILES string of the molecule is C[C@@H](O)c1cnsc1. The number of rotatable bonds is 1. The van der Waals surface area contributed by atoms with E-state index >= 15 is 0 Å². The van der Waals surface area contributed by atoms with Crippen LogP contribution in [0.3, 0.4) is 0 Å². The number of aromatic nitrogens is 1. The van der Waals surface area contributed by atoms with Gasteiger partial charge >= 0.3 is 0 Å². The molecule has 3 heteroatoms. The van der Waals surface area contributed by atoms with Gasteiger partial charge in [0.1, 0.15) is 0 Å².